The number of anilines is 1. The summed E-state index contributed by atoms with van der Waals surface area (Å²) in [5.74, 6) is 1.57. The molecule has 0 aromatic carbocycles. The third-order valence-electron chi connectivity index (χ3n) is 4.24. The molecule has 4 rings (SSSR count). The van der Waals surface area contributed by atoms with Crippen LogP contribution in [0.25, 0.3) is 23.9 Å². The fraction of sp³-hybridized carbons (Fsp3) is 0.278. The lowest BCUT2D eigenvalue weighted by Crippen LogP contribution is -2.19. The number of thiophene rings is 1. The highest BCUT2D eigenvalue weighted by molar-refractivity contribution is 7.11. The molecule has 3 heterocycles. The maximum absolute atomic E-state index is 11.8. The van der Waals surface area contributed by atoms with Gasteiger partial charge < -0.3 is 10.3 Å². The quantitative estimate of drug-likeness (QED) is 0.724. The van der Waals surface area contributed by atoms with Crippen LogP contribution in [0.1, 0.15) is 24.6 Å². The van der Waals surface area contributed by atoms with Gasteiger partial charge in [0.1, 0.15) is 5.82 Å². The van der Waals surface area contributed by atoms with Gasteiger partial charge in [0, 0.05) is 21.9 Å². The summed E-state index contributed by atoms with van der Waals surface area (Å²) in [5, 5.41) is 5.48. The first-order valence-corrected chi connectivity index (χ1v) is 9.85. The Hall–Kier alpha value is -2.25. The van der Waals surface area contributed by atoms with Crippen molar-refractivity contribution in [3.05, 3.63) is 48.3 Å². The number of hydrogen-bond donors (Lipinski definition) is 2. The van der Waals surface area contributed by atoms with E-state index in [4.69, 9.17) is 0 Å². The van der Waals surface area contributed by atoms with Crippen LogP contribution in [0.4, 0.5) is 5.82 Å². The van der Waals surface area contributed by atoms with Gasteiger partial charge in [0.25, 0.3) is 5.56 Å². The third kappa shape index (κ3) is 3.72. The Balaban J connectivity index is 1.59. The van der Waals surface area contributed by atoms with E-state index < -0.39 is 0 Å². The second-order valence-corrected chi connectivity index (χ2v) is 8.37. The lowest BCUT2D eigenvalue weighted by Gasteiger charge is -2.13. The number of aromatic nitrogens is 3. The molecule has 0 amide bonds. The molecule has 0 saturated heterocycles. The smallest absolute Gasteiger partial charge is 0.266 e. The number of thiazole rings is 1. The number of hydrogen-bond acceptors (Lipinski definition) is 6. The maximum Gasteiger partial charge on any atom is 0.266 e. The largest absolute Gasteiger partial charge is 0.366 e. The van der Waals surface area contributed by atoms with E-state index in [1.165, 1.54) is 24.2 Å². The molecular weight excluding hydrogens is 352 g/mol. The monoisotopic (exact) mass is 370 g/mol. The predicted octanol–water partition coefficient (Wildman–Crippen LogP) is 2.40. The summed E-state index contributed by atoms with van der Waals surface area (Å²) in [6.07, 6.45) is 8.01. The normalized spacial score (nSPS) is 16.1. The number of nitrogens with zero attached hydrogens (tertiary/aromatic N) is 2. The molecule has 1 aliphatic rings. The molecule has 1 aliphatic carbocycles. The molecule has 5 nitrogen and oxygen atoms in total. The van der Waals surface area contributed by atoms with Gasteiger partial charge in [-0.1, -0.05) is 6.58 Å². The van der Waals surface area contributed by atoms with Gasteiger partial charge >= 0.3 is 0 Å². The van der Waals surface area contributed by atoms with E-state index in [1.807, 2.05) is 17.5 Å². The molecule has 1 unspecified atom stereocenters. The van der Waals surface area contributed by atoms with Crippen LogP contribution in [0.5, 0.6) is 0 Å². The van der Waals surface area contributed by atoms with Crippen LogP contribution in [0, 0.1) is 5.92 Å². The topological polar surface area (TPSA) is 70.7 Å². The Morgan fingerprint density at radius 1 is 1.44 bits per heavy atom. The van der Waals surface area contributed by atoms with Gasteiger partial charge in [-0.3, -0.25) is 9.78 Å². The van der Waals surface area contributed by atoms with Crippen LogP contribution in [-0.4, -0.2) is 21.0 Å². The van der Waals surface area contributed by atoms with Gasteiger partial charge in [0.15, 0.2) is 0 Å². The van der Waals surface area contributed by atoms with Crippen LogP contribution in [0.2, 0.25) is 0 Å². The highest BCUT2D eigenvalue weighted by Crippen LogP contribution is 2.34. The first-order chi connectivity index (χ1) is 12.1. The molecule has 7 heteroatoms. The van der Waals surface area contributed by atoms with Crippen LogP contribution in [0.3, 0.4) is 0 Å². The van der Waals surface area contributed by atoms with Gasteiger partial charge in [-0.15, -0.1) is 22.7 Å². The number of aromatic amines is 1. The number of rotatable bonds is 5. The van der Waals surface area contributed by atoms with Crippen LogP contribution in [0.15, 0.2) is 28.6 Å². The first-order valence-electron chi connectivity index (χ1n) is 8.16. The summed E-state index contributed by atoms with van der Waals surface area (Å²) in [7, 11) is 0. The summed E-state index contributed by atoms with van der Waals surface area (Å²) < 4.78 is 1.33. The van der Waals surface area contributed by atoms with E-state index in [1.54, 1.807) is 23.7 Å². The molecule has 0 aliphatic heterocycles. The van der Waals surface area contributed by atoms with Gasteiger partial charge in [-0.05, 0) is 37.8 Å². The van der Waals surface area contributed by atoms with E-state index >= 15 is 0 Å². The summed E-state index contributed by atoms with van der Waals surface area (Å²) >= 11 is 2.95. The highest BCUT2D eigenvalue weighted by atomic mass is 32.1. The van der Waals surface area contributed by atoms with Crippen LogP contribution < -0.4 is 20.1 Å². The van der Waals surface area contributed by atoms with Crippen LogP contribution in [-0.2, 0) is 0 Å². The minimum absolute atomic E-state index is 0.0926. The Bertz CT molecular complexity index is 1060. The number of nitrogens with one attached hydrogen (secondary N) is 2. The van der Waals surface area contributed by atoms with E-state index in [2.05, 4.69) is 33.8 Å². The van der Waals surface area contributed by atoms with Crippen molar-refractivity contribution in [2.75, 3.05) is 5.32 Å². The summed E-state index contributed by atoms with van der Waals surface area (Å²) in [6, 6.07) is 2.46. The molecule has 0 spiro atoms. The lowest BCUT2D eigenvalue weighted by atomic mass is 10.2. The fourth-order valence-electron chi connectivity index (χ4n) is 2.70. The average Bonchev–Trinajstić information content (AvgIpc) is 3.26. The second-order valence-electron chi connectivity index (χ2n) is 6.29. The SMILES string of the molecule is C=c1[nH]c(=O)c(=Cc2cc(-c3cncc(NC(C)C4CC4)n3)cs2)s1. The first kappa shape index (κ1) is 16.2. The Morgan fingerprint density at radius 3 is 3.00 bits per heavy atom. The molecule has 3 aromatic rings. The maximum atomic E-state index is 11.8. The minimum Gasteiger partial charge on any atom is -0.366 e. The summed E-state index contributed by atoms with van der Waals surface area (Å²) in [5.41, 5.74) is 1.75. The van der Waals surface area contributed by atoms with Crippen molar-refractivity contribution in [1.29, 1.82) is 0 Å². The van der Waals surface area contributed by atoms with Gasteiger partial charge in [0.2, 0.25) is 0 Å². The van der Waals surface area contributed by atoms with Gasteiger partial charge in [0.05, 0.1) is 27.3 Å². The summed E-state index contributed by atoms with van der Waals surface area (Å²) in [4.78, 5) is 24.5. The van der Waals surface area contributed by atoms with Crippen molar-refractivity contribution >= 4 is 41.1 Å². The zero-order valence-electron chi connectivity index (χ0n) is 13.8. The molecule has 1 atom stereocenters. The molecule has 128 valence electrons. The highest BCUT2D eigenvalue weighted by Gasteiger charge is 2.28. The zero-order valence-corrected chi connectivity index (χ0v) is 15.4. The summed E-state index contributed by atoms with van der Waals surface area (Å²) in [6.45, 7) is 5.96. The lowest BCUT2D eigenvalue weighted by molar-refractivity contribution is 0.690. The van der Waals surface area contributed by atoms with Gasteiger partial charge in [-0.2, -0.15) is 0 Å². The Morgan fingerprint density at radius 2 is 2.28 bits per heavy atom. The zero-order chi connectivity index (χ0) is 17.4. The van der Waals surface area contributed by atoms with Crippen molar-refractivity contribution in [3.8, 4) is 11.3 Å². The fourth-order valence-corrected chi connectivity index (χ4v) is 4.35. The second kappa shape index (κ2) is 6.57. The predicted molar refractivity (Wildman–Crippen MR) is 104 cm³/mol. The number of H-pyrrole nitrogens is 1. The van der Waals surface area contributed by atoms with Crippen molar-refractivity contribution in [2.24, 2.45) is 5.92 Å². The molecule has 3 aromatic heterocycles. The van der Waals surface area contributed by atoms with E-state index in [9.17, 15) is 4.79 Å². The minimum atomic E-state index is -0.0926. The van der Waals surface area contributed by atoms with Crippen molar-refractivity contribution < 1.29 is 0 Å². The molecule has 25 heavy (non-hydrogen) atoms. The standard InChI is InChI=1S/C18H18N4OS2/c1-10(12-3-4-12)20-17-8-19-7-15(22-17)13-5-14(24-9-13)6-16-18(23)21-11(2)25-16/h5-10,12H,2-4H2,1H3,(H,20,22)(H,21,23). The van der Waals surface area contributed by atoms with Crippen molar-refractivity contribution in [1.82, 2.24) is 15.0 Å². The van der Waals surface area contributed by atoms with Crippen molar-refractivity contribution in [2.45, 2.75) is 25.8 Å². The van der Waals surface area contributed by atoms with Gasteiger partial charge in [-0.25, -0.2) is 4.98 Å². The van der Waals surface area contributed by atoms with E-state index in [-0.39, 0.29) is 5.56 Å². The van der Waals surface area contributed by atoms with E-state index in [0.29, 0.717) is 15.2 Å². The molecule has 1 fully saturated rings. The molecule has 2 N–H and O–H groups in total. The Kier molecular flexibility index (Phi) is 4.27. The van der Waals surface area contributed by atoms with E-state index in [0.717, 1.165) is 27.9 Å². The molecular formula is C18H18N4OS2. The third-order valence-corrected chi connectivity index (χ3v) is 5.99. The molecule has 0 radical (unpaired) electrons. The Labute approximate surface area is 152 Å². The average molecular weight is 371 g/mol. The molecule has 1 saturated carbocycles. The van der Waals surface area contributed by atoms with Crippen molar-refractivity contribution in [3.63, 3.8) is 0 Å². The molecule has 0 bridgehead atoms. The van der Waals surface area contributed by atoms with Crippen LogP contribution >= 0.6 is 22.7 Å².